The van der Waals surface area contributed by atoms with Gasteiger partial charge in [0.15, 0.2) is 0 Å². The number of rotatable bonds is 7. The Balaban J connectivity index is 1.29. The third kappa shape index (κ3) is 4.20. The molecule has 2 saturated carbocycles. The van der Waals surface area contributed by atoms with E-state index in [0.717, 1.165) is 59.3 Å². The van der Waals surface area contributed by atoms with Crippen LogP contribution in [0, 0.1) is 5.92 Å². The van der Waals surface area contributed by atoms with Gasteiger partial charge in [0.1, 0.15) is 11.9 Å². The van der Waals surface area contributed by atoms with Gasteiger partial charge in [0.2, 0.25) is 0 Å². The van der Waals surface area contributed by atoms with E-state index in [2.05, 4.69) is 14.9 Å². The molecule has 1 atom stereocenters. The molecule has 2 fully saturated rings. The number of aromatic nitrogens is 3. The van der Waals surface area contributed by atoms with Gasteiger partial charge < -0.3 is 24.3 Å². The molecule has 0 aliphatic heterocycles. The lowest BCUT2D eigenvalue weighted by molar-refractivity contribution is 0.108. The maximum atomic E-state index is 12.2. The molecular formula is C27H29N5O3. The molecule has 180 valence electrons. The molecule has 2 aliphatic carbocycles. The third-order valence-corrected chi connectivity index (χ3v) is 6.90. The summed E-state index contributed by atoms with van der Waals surface area (Å²) in [6, 6.07) is 14.7. The van der Waals surface area contributed by atoms with E-state index in [1.807, 2.05) is 67.2 Å². The van der Waals surface area contributed by atoms with Gasteiger partial charge in [0.25, 0.3) is 0 Å². The maximum absolute atomic E-state index is 12.2. The zero-order valence-corrected chi connectivity index (χ0v) is 19.9. The van der Waals surface area contributed by atoms with Crippen molar-refractivity contribution in [2.45, 2.75) is 44.8 Å². The summed E-state index contributed by atoms with van der Waals surface area (Å²) in [6.45, 7) is 1.95. The van der Waals surface area contributed by atoms with E-state index in [-0.39, 0.29) is 6.10 Å². The first-order valence-electron chi connectivity index (χ1n) is 12.1. The van der Waals surface area contributed by atoms with Crippen LogP contribution in [0.4, 0.5) is 16.2 Å². The van der Waals surface area contributed by atoms with Crippen LogP contribution in [0.15, 0.2) is 54.9 Å². The average molecular weight is 472 g/mol. The van der Waals surface area contributed by atoms with E-state index >= 15 is 0 Å². The Morgan fingerprint density at radius 2 is 1.91 bits per heavy atom. The highest BCUT2D eigenvalue weighted by Crippen LogP contribution is 2.47. The number of imidazole rings is 1. The van der Waals surface area contributed by atoms with Gasteiger partial charge in [-0.05, 0) is 62.8 Å². The van der Waals surface area contributed by atoms with E-state index in [9.17, 15) is 4.79 Å². The van der Waals surface area contributed by atoms with Crippen molar-refractivity contribution < 1.29 is 14.3 Å². The first-order valence-corrected chi connectivity index (χ1v) is 12.1. The van der Waals surface area contributed by atoms with Crippen LogP contribution in [0.1, 0.15) is 38.6 Å². The molecule has 2 aliphatic rings. The largest absolute Gasteiger partial charge is 0.446 e. The third-order valence-electron chi connectivity index (χ3n) is 6.90. The second-order valence-corrected chi connectivity index (χ2v) is 9.62. The Morgan fingerprint density at radius 3 is 2.57 bits per heavy atom. The number of amides is 1. The van der Waals surface area contributed by atoms with Crippen molar-refractivity contribution in [1.82, 2.24) is 14.1 Å². The van der Waals surface area contributed by atoms with Crippen LogP contribution in [-0.4, -0.2) is 26.3 Å². The molecule has 1 amide bonds. The van der Waals surface area contributed by atoms with Gasteiger partial charge in [-0.1, -0.05) is 12.1 Å². The predicted molar refractivity (Wildman–Crippen MR) is 136 cm³/mol. The Labute approximate surface area is 203 Å². The highest BCUT2D eigenvalue weighted by atomic mass is 16.6. The second kappa shape index (κ2) is 8.37. The predicted octanol–water partition coefficient (Wildman–Crippen LogP) is 6.10. The standard InChI is InChI=1S/C27H29N5O3/c1-16(17-3-4-17)34-27(33)30-19-7-5-18(6-8-19)25-24(28)22-12-11-21(35-26-29-13-14-31(26)2)15-23(22)32(25)20-9-10-20/h5-8,11-17,20H,3-4,9-10,28H2,1-2H3,(H,30,33). The van der Waals surface area contributed by atoms with Gasteiger partial charge in [0, 0.05) is 48.2 Å². The molecule has 0 radical (unpaired) electrons. The molecule has 6 rings (SSSR count). The molecule has 35 heavy (non-hydrogen) atoms. The number of carbonyl (C=O) groups excluding carboxylic acids is 1. The van der Waals surface area contributed by atoms with Crippen molar-refractivity contribution >= 4 is 28.4 Å². The molecule has 0 spiro atoms. The summed E-state index contributed by atoms with van der Waals surface area (Å²) in [6.07, 6.45) is 7.60. The number of anilines is 2. The summed E-state index contributed by atoms with van der Waals surface area (Å²) in [7, 11) is 1.90. The van der Waals surface area contributed by atoms with Crippen LogP contribution in [0.5, 0.6) is 11.8 Å². The van der Waals surface area contributed by atoms with E-state index in [1.165, 1.54) is 0 Å². The summed E-state index contributed by atoms with van der Waals surface area (Å²) >= 11 is 0. The average Bonchev–Trinajstić information content (AvgIpc) is 3.77. The topological polar surface area (TPSA) is 96.3 Å². The lowest BCUT2D eigenvalue weighted by atomic mass is 10.1. The monoisotopic (exact) mass is 471 g/mol. The number of ether oxygens (including phenoxy) is 2. The minimum absolute atomic E-state index is 0.0467. The first-order chi connectivity index (χ1) is 17.0. The number of nitrogen functional groups attached to an aromatic ring is 1. The van der Waals surface area contributed by atoms with Crippen molar-refractivity contribution in [3.63, 3.8) is 0 Å². The zero-order valence-electron chi connectivity index (χ0n) is 19.9. The number of carbonyl (C=O) groups is 1. The van der Waals surface area contributed by atoms with Crippen LogP contribution in [0.25, 0.3) is 22.2 Å². The van der Waals surface area contributed by atoms with E-state index in [1.54, 1.807) is 6.20 Å². The zero-order chi connectivity index (χ0) is 24.1. The van der Waals surface area contributed by atoms with Crippen molar-refractivity contribution in [1.29, 1.82) is 0 Å². The molecule has 0 saturated heterocycles. The fourth-order valence-electron chi connectivity index (χ4n) is 4.63. The van der Waals surface area contributed by atoms with Crippen LogP contribution in [0.2, 0.25) is 0 Å². The first kappa shape index (κ1) is 21.6. The number of hydrogen-bond donors (Lipinski definition) is 2. The molecule has 1 unspecified atom stereocenters. The van der Waals surface area contributed by atoms with Crippen molar-refractivity contribution in [3.05, 3.63) is 54.9 Å². The number of hydrogen-bond acceptors (Lipinski definition) is 5. The smallest absolute Gasteiger partial charge is 0.411 e. The normalized spacial score (nSPS) is 16.3. The molecule has 2 heterocycles. The molecule has 2 aromatic heterocycles. The molecule has 8 nitrogen and oxygen atoms in total. The summed E-state index contributed by atoms with van der Waals surface area (Å²) in [4.78, 5) is 16.5. The quantitative estimate of drug-likeness (QED) is 0.340. The summed E-state index contributed by atoms with van der Waals surface area (Å²) in [5.41, 5.74) is 11.2. The Bertz CT molecular complexity index is 1400. The van der Waals surface area contributed by atoms with Crippen LogP contribution < -0.4 is 15.8 Å². The molecule has 0 bridgehead atoms. The second-order valence-electron chi connectivity index (χ2n) is 9.62. The highest BCUT2D eigenvalue weighted by Gasteiger charge is 2.31. The SMILES string of the molecule is CC(OC(=O)Nc1ccc(-c2c(N)c3ccc(Oc4nccn4C)cc3n2C2CC2)cc1)C1CC1. The van der Waals surface area contributed by atoms with E-state index in [4.69, 9.17) is 15.2 Å². The van der Waals surface area contributed by atoms with Gasteiger partial charge in [-0.3, -0.25) is 5.32 Å². The lowest BCUT2D eigenvalue weighted by Crippen LogP contribution is -2.21. The van der Waals surface area contributed by atoms with Gasteiger partial charge >= 0.3 is 12.1 Å². The number of nitrogens with two attached hydrogens (primary N) is 1. The van der Waals surface area contributed by atoms with Gasteiger partial charge in [-0.2, -0.15) is 0 Å². The lowest BCUT2D eigenvalue weighted by Gasteiger charge is -2.14. The molecule has 2 aromatic carbocycles. The fourth-order valence-corrected chi connectivity index (χ4v) is 4.63. The molecular weight excluding hydrogens is 442 g/mol. The molecule has 8 heteroatoms. The summed E-state index contributed by atoms with van der Waals surface area (Å²) in [5.74, 6) is 1.22. The van der Waals surface area contributed by atoms with Gasteiger partial charge in [-0.25, -0.2) is 9.78 Å². The molecule has 4 aromatic rings. The number of nitrogens with zero attached hydrogens (tertiary/aromatic N) is 3. The Morgan fingerprint density at radius 1 is 1.14 bits per heavy atom. The van der Waals surface area contributed by atoms with Crippen molar-refractivity contribution in [3.8, 4) is 23.0 Å². The minimum atomic E-state index is -0.413. The van der Waals surface area contributed by atoms with Crippen LogP contribution in [0.3, 0.4) is 0 Å². The number of aryl methyl sites for hydroxylation is 1. The summed E-state index contributed by atoms with van der Waals surface area (Å²) in [5, 5.41) is 3.83. The maximum Gasteiger partial charge on any atom is 0.411 e. The summed E-state index contributed by atoms with van der Waals surface area (Å²) < 4.78 is 15.6. The van der Waals surface area contributed by atoms with Gasteiger partial charge in [0.05, 0.1) is 16.9 Å². The Hall–Kier alpha value is -3.94. The van der Waals surface area contributed by atoms with Crippen LogP contribution >= 0.6 is 0 Å². The van der Waals surface area contributed by atoms with E-state index in [0.29, 0.717) is 23.7 Å². The highest BCUT2D eigenvalue weighted by molar-refractivity contribution is 6.02. The number of benzene rings is 2. The van der Waals surface area contributed by atoms with Crippen molar-refractivity contribution in [2.24, 2.45) is 13.0 Å². The fraction of sp³-hybridized carbons (Fsp3) is 0.333. The number of nitrogens with one attached hydrogen (secondary N) is 1. The Kier molecular flexibility index (Phi) is 5.16. The minimum Gasteiger partial charge on any atom is -0.446 e. The van der Waals surface area contributed by atoms with Gasteiger partial charge in [-0.15, -0.1) is 0 Å². The number of fused-ring (bicyclic) bond motifs is 1. The molecule has 3 N–H and O–H groups in total. The van der Waals surface area contributed by atoms with Crippen molar-refractivity contribution in [2.75, 3.05) is 11.1 Å². The van der Waals surface area contributed by atoms with Crippen LogP contribution in [-0.2, 0) is 11.8 Å². The van der Waals surface area contributed by atoms with E-state index < -0.39 is 6.09 Å².